The zero-order valence-electron chi connectivity index (χ0n) is 32.5. The van der Waals surface area contributed by atoms with Gasteiger partial charge in [-0.1, -0.05) is 184 Å². The highest BCUT2D eigenvalue weighted by molar-refractivity contribution is 6.30. The topological polar surface area (TPSA) is 107 Å². The smallest absolute Gasteiger partial charge is 0.155 e. The average molecular weight is 764 g/mol. The maximum atomic E-state index is 6.75. The predicted octanol–water partition coefficient (Wildman–Crippen LogP) is 11.8. The number of aromatic nitrogens is 2. The van der Waals surface area contributed by atoms with E-state index in [0.29, 0.717) is 30.6 Å². The number of hydrogen-bond donors (Lipinski definition) is 2. The fourth-order valence-corrected chi connectivity index (χ4v) is 8.02. The molecule has 0 spiro atoms. The molecule has 1 unspecified atom stereocenters. The zero-order valence-corrected chi connectivity index (χ0v) is 33.3. The maximum Gasteiger partial charge on any atom is 0.155 e. The quantitative estimate of drug-likeness (QED) is 0.0324. The first-order valence-corrected chi connectivity index (χ1v) is 20.3. The van der Waals surface area contributed by atoms with Gasteiger partial charge in [0.2, 0.25) is 0 Å². The number of aryl methyl sites for hydroxylation is 1. The molecule has 4 aromatic carbocycles. The highest BCUT2D eigenvalue weighted by Gasteiger charge is 2.34. The second kappa shape index (κ2) is 20.0. The van der Waals surface area contributed by atoms with Gasteiger partial charge in [-0.3, -0.25) is 0 Å². The molecule has 7 nitrogen and oxygen atoms in total. The molecule has 8 heteroatoms. The molecule has 1 aliphatic rings. The van der Waals surface area contributed by atoms with Crippen molar-refractivity contribution >= 4 is 17.4 Å². The van der Waals surface area contributed by atoms with E-state index < -0.39 is 5.54 Å². The molecule has 1 aromatic heterocycles. The second-order valence-electron chi connectivity index (χ2n) is 14.5. The number of benzene rings is 4. The minimum absolute atomic E-state index is 0.286. The Balaban J connectivity index is 1.31. The Morgan fingerprint density at radius 1 is 0.893 bits per heavy atom. The summed E-state index contributed by atoms with van der Waals surface area (Å²) in [6.45, 7) is 6.95. The van der Waals surface area contributed by atoms with Crippen LogP contribution in [0.1, 0.15) is 104 Å². The van der Waals surface area contributed by atoms with E-state index in [4.69, 9.17) is 28.2 Å². The van der Waals surface area contributed by atoms with Gasteiger partial charge in [0.1, 0.15) is 11.4 Å². The Morgan fingerprint density at radius 2 is 1.61 bits per heavy atom. The SMILES string of the molecule is C=C/C=C\C=C/CC(N=N/N=C(\N)c1ccccc1-c1ccc(Cn2c(CCCC)nc(Cl)c2CN)cc1)(c1ccccc1)c1ccc(C2CCCCC2)cc1. The molecule has 0 aliphatic heterocycles. The largest absolute Gasteiger partial charge is 0.382 e. The Labute approximate surface area is 337 Å². The van der Waals surface area contributed by atoms with Gasteiger partial charge in [0, 0.05) is 31.5 Å². The molecule has 0 amide bonds. The van der Waals surface area contributed by atoms with Crippen LogP contribution in [0.15, 0.2) is 156 Å². The summed E-state index contributed by atoms with van der Waals surface area (Å²) in [6.07, 6.45) is 19.8. The number of unbranched alkanes of at least 4 members (excludes halogenated alkanes) is 1. The van der Waals surface area contributed by atoms with Crippen molar-refractivity contribution in [2.45, 2.75) is 89.3 Å². The summed E-state index contributed by atoms with van der Waals surface area (Å²) in [4.78, 5) is 4.63. The number of hydrogen-bond acceptors (Lipinski definition) is 4. The Bertz CT molecular complexity index is 2140. The highest BCUT2D eigenvalue weighted by Crippen LogP contribution is 2.40. The summed E-state index contributed by atoms with van der Waals surface area (Å²) in [5, 5.41) is 14.6. The van der Waals surface area contributed by atoms with Crippen LogP contribution >= 0.6 is 11.6 Å². The maximum absolute atomic E-state index is 6.75. The summed E-state index contributed by atoms with van der Waals surface area (Å²) < 4.78 is 2.16. The van der Waals surface area contributed by atoms with E-state index in [1.165, 1.54) is 37.7 Å². The first-order valence-electron chi connectivity index (χ1n) is 20.0. The lowest BCUT2D eigenvalue weighted by Gasteiger charge is -2.29. The fourth-order valence-electron chi connectivity index (χ4n) is 7.74. The van der Waals surface area contributed by atoms with Gasteiger partial charge in [0.05, 0.1) is 5.69 Å². The molecular weight excluding hydrogens is 710 g/mol. The third kappa shape index (κ3) is 9.70. The van der Waals surface area contributed by atoms with Crippen LogP contribution in [0, 0.1) is 0 Å². The minimum Gasteiger partial charge on any atom is -0.382 e. The van der Waals surface area contributed by atoms with Crippen molar-refractivity contribution in [3.8, 4) is 11.1 Å². The van der Waals surface area contributed by atoms with Gasteiger partial charge >= 0.3 is 0 Å². The van der Waals surface area contributed by atoms with E-state index >= 15 is 0 Å². The Hall–Kier alpha value is -5.37. The van der Waals surface area contributed by atoms with Gasteiger partial charge in [-0.2, -0.15) is 5.11 Å². The van der Waals surface area contributed by atoms with Crippen LogP contribution in [0.25, 0.3) is 11.1 Å². The van der Waals surface area contributed by atoms with Crippen molar-refractivity contribution in [2.24, 2.45) is 26.9 Å². The molecule has 6 rings (SSSR count). The van der Waals surface area contributed by atoms with E-state index in [1.54, 1.807) is 6.08 Å². The van der Waals surface area contributed by atoms with Crippen LogP contribution < -0.4 is 11.5 Å². The van der Waals surface area contributed by atoms with E-state index in [9.17, 15) is 0 Å². The number of halogens is 1. The Morgan fingerprint density at radius 3 is 2.32 bits per heavy atom. The highest BCUT2D eigenvalue weighted by atomic mass is 35.5. The molecule has 1 heterocycles. The van der Waals surface area contributed by atoms with Crippen molar-refractivity contribution in [1.82, 2.24) is 9.55 Å². The van der Waals surface area contributed by atoms with E-state index in [-0.39, 0.29) is 5.84 Å². The lowest BCUT2D eigenvalue weighted by atomic mass is 9.78. The third-order valence-corrected chi connectivity index (χ3v) is 11.2. The lowest BCUT2D eigenvalue weighted by Crippen LogP contribution is -2.24. The molecule has 0 saturated heterocycles. The van der Waals surface area contributed by atoms with Crippen molar-refractivity contribution in [3.63, 3.8) is 0 Å². The fraction of sp³-hybridized carbons (Fsp3) is 0.292. The normalized spacial score (nSPS) is 15.2. The van der Waals surface area contributed by atoms with Gasteiger partial charge in [-0.25, -0.2) is 4.98 Å². The lowest BCUT2D eigenvalue weighted by molar-refractivity contribution is 0.443. The molecule has 5 aromatic rings. The molecule has 1 fully saturated rings. The summed E-state index contributed by atoms with van der Waals surface area (Å²) in [5.41, 5.74) is 20.2. The van der Waals surface area contributed by atoms with Crippen LogP contribution in [0.2, 0.25) is 5.15 Å². The van der Waals surface area contributed by atoms with Gasteiger partial charge in [0.25, 0.3) is 0 Å². The molecule has 1 atom stereocenters. The summed E-state index contributed by atoms with van der Waals surface area (Å²) in [7, 11) is 0. The molecule has 4 N–H and O–H groups in total. The molecule has 1 aliphatic carbocycles. The van der Waals surface area contributed by atoms with Crippen molar-refractivity contribution in [1.29, 1.82) is 0 Å². The summed E-state index contributed by atoms with van der Waals surface area (Å²) in [6, 6.07) is 35.8. The zero-order chi connectivity index (χ0) is 39.2. The number of allylic oxidation sites excluding steroid dienone is 4. The monoisotopic (exact) mass is 763 g/mol. The molecule has 288 valence electrons. The molecular formula is C48H54ClN7. The van der Waals surface area contributed by atoms with Crippen molar-refractivity contribution in [2.75, 3.05) is 0 Å². The molecule has 0 radical (unpaired) electrons. The number of amidine groups is 1. The summed E-state index contributed by atoms with van der Waals surface area (Å²) in [5.74, 6) is 1.87. The van der Waals surface area contributed by atoms with E-state index in [2.05, 4.69) is 106 Å². The predicted molar refractivity (Wildman–Crippen MR) is 233 cm³/mol. The van der Waals surface area contributed by atoms with Crippen molar-refractivity contribution < 1.29 is 0 Å². The van der Waals surface area contributed by atoms with Crippen LogP contribution in [0.4, 0.5) is 0 Å². The van der Waals surface area contributed by atoms with Crippen molar-refractivity contribution in [3.05, 3.63) is 185 Å². The standard InChI is InChI=1S/C48H54ClN7/c1-3-5-7-8-17-33-48(40-20-13-10-14-21-40,41-31-29-38(30-32-41)37-18-11-9-12-19-37)54-55-53-47(51)43-23-16-15-22-42(43)39-27-25-36(26-28-39)35-56-44(34-50)46(49)52-45(56)24-6-4-2/h3,5,7-8,10,13-17,20-23,25-32,37H,1,4,6,9,11-12,18-19,24,33-35,50H2,2H3,(H2,51,53,54)/b7-5-,17-8-. The minimum atomic E-state index is -0.830. The van der Waals surface area contributed by atoms with Crippen LogP contribution in [0.5, 0.6) is 0 Å². The third-order valence-electron chi connectivity index (χ3n) is 10.9. The van der Waals surface area contributed by atoms with E-state index in [0.717, 1.165) is 64.2 Å². The first-order chi connectivity index (χ1) is 27.5. The molecule has 0 bridgehead atoms. The van der Waals surface area contributed by atoms with Crippen LogP contribution in [-0.4, -0.2) is 15.4 Å². The average Bonchev–Trinajstić information content (AvgIpc) is 3.55. The summed E-state index contributed by atoms with van der Waals surface area (Å²) >= 11 is 6.48. The van der Waals surface area contributed by atoms with Gasteiger partial charge in [-0.15, -0.1) is 5.10 Å². The first kappa shape index (κ1) is 40.3. The van der Waals surface area contributed by atoms with Gasteiger partial charge < -0.3 is 16.0 Å². The van der Waals surface area contributed by atoms with Crippen LogP contribution in [0.3, 0.4) is 0 Å². The van der Waals surface area contributed by atoms with Gasteiger partial charge in [0.15, 0.2) is 11.0 Å². The molecule has 56 heavy (non-hydrogen) atoms. The Kier molecular flexibility index (Phi) is 14.4. The van der Waals surface area contributed by atoms with E-state index in [1.807, 2.05) is 54.6 Å². The second-order valence-corrected chi connectivity index (χ2v) is 14.9. The number of imidazole rings is 1. The number of nitrogens with two attached hydrogens (primary N) is 2. The number of rotatable bonds is 17. The molecule has 1 saturated carbocycles. The number of nitrogens with zero attached hydrogens (tertiary/aromatic N) is 5. The van der Waals surface area contributed by atoms with Gasteiger partial charge in [-0.05, 0) is 63.8 Å². The van der Waals surface area contributed by atoms with Crippen LogP contribution in [-0.2, 0) is 25.0 Å².